The number of nitrogens with zero attached hydrogens (tertiary/aromatic N) is 2. The van der Waals surface area contributed by atoms with Crippen molar-refractivity contribution in [3.8, 4) is 0 Å². The SMILES string of the molecule is CCC(C)N(CC(=O)O)C(=O)N1CCOCC1. The zero-order valence-electron chi connectivity index (χ0n) is 10.4. The van der Waals surface area contributed by atoms with Crippen molar-refractivity contribution in [3.05, 3.63) is 0 Å². The number of rotatable bonds is 4. The number of aliphatic carboxylic acids is 1. The lowest BCUT2D eigenvalue weighted by Crippen LogP contribution is -2.52. The number of carboxylic acid groups (broad SMARTS) is 1. The summed E-state index contributed by atoms with van der Waals surface area (Å²) >= 11 is 0. The first-order chi connectivity index (χ1) is 8.06. The zero-order valence-corrected chi connectivity index (χ0v) is 10.4. The Bertz CT molecular complexity index is 277. The first kappa shape index (κ1) is 13.8. The standard InChI is InChI=1S/C11H20N2O4/c1-3-9(2)13(8-10(14)15)11(16)12-4-6-17-7-5-12/h9H,3-8H2,1-2H3,(H,14,15). The third-order valence-corrected chi connectivity index (χ3v) is 2.96. The summed E-state index contributed by atoms with van der Waals surface area (Å²) in [6, 6.07) is -0.272. The molecule has 0 aromatic heterocycles. The molecule has 6 nitrogen and oxygen atoms in total. The molecule has 0 bridgehead atoms. The molecular formula is C11H20N2O4. The van der Waals surface area contributed by atoms with Gasteiger partial charge >= 0.3 is 12.0 Å². The van der Waals surface area contributed by atoms with Crippen molar-refractivity contribution in [1.82, 2.24) is 9.80 Å². The molecule has 1 atom stereocenters. The summed E-state index contributed by atoms with van der Waals surface area (Å²) in [7, 11) is 0. The summed E-state index contributed by atoms with van der Waals surface area (Å²) in [6.07, 6.45) is 0.739. The Balaban J connectivity index is 2.66. The van der Waals surface area contributed by atoms with E-state index in [4.69, 9.17) is 9.84 Å². The molecule has 1 fully saturated rings. The minimum absolute atomic E-state index is 0.0681. The van der Waals surface area contributed by atoms with E-state index < -0.39 is 5.97 Å². The number of hydrogen-bond donors (Lipinski definition) is 1. The Morgan fingerprint density at radius 1 is 1.41 bits per heavy atom. The van der Waals surface area contributed by atoms with E-state index >= 15 is 0 Å². The number of morpholine rings is 1. The van der Waals surface area contributed by atoms with Gasteiger partial charge in [-0.05, 0) is 13.3 Å². The number of carbonyl (C=O) groups excluding carboxylic acids is 1. The smallest absolute Gasteiger partial charge is 0.323 e. The van der Waals surface area contributed by atoms with Crippen LogP contribution in [0.3, 0.4) is 0 Å². The molecule has 1 N–H and O–H groups in total. The second-order valence-corrected chi connectivity index (χ2v) is 4.16. The predicted octanol–water partition coefficient (Wildman–Crippen LogP) is 0.624. The van der Waals surface area contributed by atoms with Gasteiger partial charge in [-0.25, -0.2) is 4.79 Å². The average molecular weight is 244 g/mol. The fourth-order valence-corrected chi connectivity index (χ4v) is 1.71. The number of urea groups is 1. The van der Waals surface area contributed by atoms with Gasteiger partial charge < -0.3 is 19.6 Å². The molecule has 1 unspecified atom stereocenters. The van der Waals surface area contributed by atoms with Gasteiger partial charge in [0.2, 0.25) is 0 Å². The molecule has 0 radical (unpaired) electrons. The van der Waals surface area contributed by atoms with Gasteiger partial charge in [-0.15, -0.1) is 0 Å². The molecule has 1 saturated heterocycles. The van der Waals surface area contributed by atoms with Crippen LogP contribution in [0.15, 0.2) is 0 Å². The predicted molar refractivity (Wildman–Crippen MR) is 61.9 cm³/mol. The maximum absolute atomic E-state index is 12.2. The van der Waals surface area contributed by atoms with Crippen molar-refractivity contribution in [2.45, 2.75) is 26.3 Å². The van der Waals surface area contributed by atoms with E-state index in [1.807, 2.05) is 13.8 Å². The molecule has 1 heterocycles. The average Bonchev–Trinajstić information content (AvgIpc) is 2.35. The number of carboxylic acids is 1. The van der Waals surface area contributed by atoms with E-state index in [1.54, 1.807) is 4.90 Å². The lowest BCUT2D eigenvalue weighted by molar-refractivity contribution is -0.138. The van der Waals surface area contributed by atoms with Gasteiger partial charge in [0.1, 0.15) is 6.54 Å². The van der Waals surface area contributed by atoms with Crippen LogP contribution in [0.2, 0.25) is 0 Å². The second kappa shape index (κ2) is 6.44. The van der Waals surface area contributed by atoms with Crippen LogP contribution in [-0.2, 0) is 9.53 Å². The van der Waals surface area contributed by atoms with Gasteiger partial charge in [0, 0.05) is 19.1 Å². The fourth-order valence-electron chi connectivity index (χ4n) is 1.71. The number of hydrogen-bond acceptors (Lipinski definition) is 3. The molecule has 98 valence electrons. The Hall–Kier alpha value is -1.30. The quantitative estimate of drug-likeness (QED) is 0.787. The van der Waals surface area contributed by atoms with E-state index in [2.05, 4.69) is 0 Å². The van der Waals surface area contributed by atoms with Gasteiger partial charge in [0.25, 0.3) is 0 Å². The van der Waals surface area contributed by atoms with Gasteiger partial charge in [0.15, 0.2) is 0 Å². The van der Waals surface area contributed by atoms with Crippen molar-refractivity contribution >= 4 is 12.0 Å². The van der Waals surface area contributed by atoms with Crippen LogP contribution >= 0.6 is 0 Å². The van der Waals surface area contributed by atoms with Crippen LogP contribution in [0.4, 0.5) is 4.79 Å². The molecule has 0 spiro atoms. The third kappa shape index (κ3) is 3.89. The van der Waals surface area contributed by atoms with Gasteiger partial charge in [-0.1, -0.05) is 6.92 Å². The van der Waals surface area contributed by atoms with Gasteiger partial charge in [0.05, 0.1) is 13.2 Å². The minimum atomic E-state index is -0.980. The van der Waals surface area contributed by atoms with Crippen molar-refractivity contribution < 1.29 is 19.4 Å². The normalized spacial score (nSPS) is 17.6. The molecule has 6 heteroatoms. The van der Waals surface area contributed by atoms with Crippen molar-refractivity contribution in [3.63, 3.8) is 0 Å². The molecule has 17 heavy (non-hydrogen) atoms. The van der Waals surface area contributed by atoms with E-state index in [1.165, 1.54) is 4.90 Å². The zero-order chi connectivity index (χ0) is 12.8. The topological polar surface area (TPSA) is 70.1 Å². The van der Waals surface area contributed by atoms with E-state index in [0.717, 1.165) is 6.42 Å². The van der Waals surface area contributed by atoms with Crippen LogP contribution in [-0.4, -0.2) is 65.8 Å². The first-order valence-corrected chi connectivity index (χ1v) is 5.91. The highest BCUT2D eigenvalue weighted by Crippen LogP contribution is 2.09. The number of amides is 2. The van der Waals surface area contributed by atoms with Crippen LogP contribution in [0.5, 0.6) is 0 Å². The van der Waals surface area contributed by atoms with E-state index in [0.29, 0.717) is 26.3 Å². The fraction of sp³-hybridized carbons (Fsp3) is 0.818. The molecular weight excluding hydrogens is 224 g/mol. The Morgan fingerprint density at radius 2 is 2.00 bits per heavy atom. The van der Waals surface area contributed by atoms with Crippen molar-refractivity contribution in [2.75, 3.05) is 32.8 Å². The third-order valence-electron chi connectivity index (χ3n) is 2.96. The maximum Gasteiger partial charge on any atom is 0.323 e. The molecule has 1 aliphatic rings. The van der Waals surface area contributed by atoms with E-state index in [9.17, 15) is 9.59 Å². The number of ether oxygens (including phenoxy) is 1. The van der Waals surface area contributed by atoms with Crippen molar-refractivity contribution in [1.29, 1.82) is 0 Å². The monoisotopic (exact) mass is 244 g/mol. The molecule has 2 amide bonds. The van der Waals surface area contributed by atoms with Crippen LogP contribution in [0.1, 0.15) is 20.3 Å². The molecule has 1 rings (SSSR count). The Morgan fingerprint density at radius 3 is 2.47 bits per heavy atom. The minimum Gasteiger partial charge on any atom is -0.480 e. The second-order valence-electron chi connectivity index (χ2n) is 4.16. The molecule has 0 aromatic rings. The highest BCUT2D eigenvalue weighted by atomic mass is 16.5. The lowest BCUT2D eigenvalue weighted by atomic mass is 10.2. The summed E-state index contributed by atoms with van der Waals surface area (Å²) in [5.41, 5.74) is 0. The van der Waals surface area contributed by atoms with E-state index in [-0.39, 0.29) is 18.6 Å². The molecule has 0 saturated carbocycles. The Kier molecular flexibility index (Phi) is 5.21. The highest BCUT2D eigenvalue weighted by Gasteiger charge is 2.27. The highest BCUT2D eigenvalue weighted by molar-refractivity contribution is 5.80. The summed E-state index contributed by atoms with van der Waals surface area (Å²) in [6.45, 7) is 5.66. The van der Waals surface area contributed by atoms with Gasteiger partial charge in [-0.3, -0.25) is 4.79 Å². The summed E-state index contributed by atoms with van der Waals surface area (Å²) in [5.74, 6) is -0.980. The van der Waals surface area contributed by atoms with Crippen molar-refractivity contribution in [2.24, 2.45) is 0 Å². The summed E-state index contributed by atoms with van der Waals surface area (Å²) < 4.78 is 5.17. The summed E-state index contributed by atoms with van der Waals surface area (Å²) in [5, 5.41) is 8.84. The molecule has 1 aliphatic heterocycles. The van der Waals surface area contributed by atoms with Crippen LogP contribution in [0, 0.1) is 0 Å². The van der Waals surface area contributed by atoms with Crippen LogP contribution in [0.25, 0.3) is 0 Å². The summed E-state index contributed by atoms with van der Waals surface area (Å²) in [4.78, 5) is 26.0. The van der Waals surface area contributed by atoms with Gasteiger partial charge in [-0.2, -0.15) is 0 Å². The Labute approximate surface area is 101 Å². The lowest BCUT2D eigenvalue weighted by Gasteiger charge is -2.35. The molecule has 0 aliphatic carbocycles. The largest absolute Gasteiger partial charge is 0.480 e. The number of carbonyl (C=O) groups is 2. The maximum atomic E-state index is 12.2. The molecule has 0 aromatic carbocycles. The first-order valence-electron chi connectivity index (χ1n) is 5.91. The van der Waals surface area contributed by atoms with Crippen LogP contribution < -0.4 is 0 Å².